The van der Waals surface area contributed by atoms with E-state index in [-0.39, 0.29) is 13.2 Å². The summed E-state index contributed by atoms with van der Waals surface area (Å²) in [4.78, 5) is 23.3. The minimum absolute atomic E-state index is 0.153. The monoisotopic (exact) mass is 269 g/mol. The highest BCUT2D eigenvalue weighted by atomic mass is 19.1. The molecule has 1 aromatic rings. The van der Waals surface area contributed by atoms with Gasteiger partial charge in [-0.15, -0.1) is 0 Å². The fraction of sp³-hybridized carbons (Fsp3) is 0.385. The third-order valence-corrected chi connectivity index (χ3v) is 2.20. The Kier molecular flexibility index (Phi) is 5.78. The lowest BCUT2D eigenvalue weighted by atomic mass is 10.2. The van der Waals surface area contributed by atoms with Crippen molar-refractivity contribution in [2.45, 2.75) is 19.9 Å². The predicted molar refractivity (Wildman–Crippen MR) is 67.1 cm³/mol. The van der Waals surface area contributed by atoms with E-state index < -0.39 is 23.8 Å². The lowest BCUT2D eigenvalue weighted by molar-refractivity contribution is -0.155. The molecular formula is C13H16FNO4. The smallest absolute Gasteiger partial charge is 0.340 e. The van der Waals surface area contributed by atoms with Gasteiger partial charge >= 0.3 is 11.9 Å². The Bertz CT molecular complexity index is 415. The van der Waals surface area contributed by atoms with Gasteiger partial charge in [0.15, 0.2) is 0 Å². The average molecular weight is 269 g/mol. The van der Waals surface area contributed by atoms with Gasteiger partial charge in [-0.05, 0) is 38.1 Å². The Hall–Kier alpha value is -2.11. The molecule has 0 heterocycles. The molecule has 0 saturated carbocycles. The number of carbonyl (C=O) groups is 2. The van der Waals surface area contributed by atoms with Crippen LogP contribution in [0.2, 0.25) is 0 Å². The molecule has 1 N–H and O–H groups in total. The third-order valence-electron chi connectivity index (χ3n) is 2.20. The van der Waals surface area contributed by atoms with Crippen molar-refractivity contribution in [3.63, 3.8) is 0 Å². The van der Waals surface area contributed by atoms with E-state index in [2.05, 4.69) is 5.32 Å². The van der Waals surface area contributed by atoms with Gasteiger partial charge in [-0.3, -0.25) is 0 Å². The van der Waals surface area contributed by atoms with Crippen molar-refractivity contribution in [2.24, 2.45) is 0 Å². The minimum Gasteiger partial charge on any atom is -0.464 e. The first-order valence-electron chi connectivity index (χ1n) is 5.93. The summed E-state index contributed by atoms with van der Waals surface area (Å²) in [6.07, 6.45) is 0. The summed E-state index contributed by atoms with van der Waals surface area (Å²) in [7, 11) is 0. The van der Waals surface area contributed by atoms with Crippen LogP contribution in [0.25, 0.3) is 0 Å². The van der Waals surface area contributed by atoms with Gasteiger partial charge in [0.2, 0.25) is 6.04 Å². The Morgan fingerprint density at radius 1 is 1.11 bits per heavy atom. The van der Waals surface area contributed by atoms with E-state index in [1.54, 1.807) is 13.8 Å². The standard InChI is InChI=1S/C13H16FNO4/c1-3-18-12(16)11(13(17)19-4-2)15-10-7-5-9(14)6-8-10/h5-8,11,15H,3-4H2,1-2H3. The lowest BCUT2D eigenvalue weighted by Gasteiger charge is -2.16. The van der Waals surface area contributed by atoms with Crippen molar-refractivity contribution >= 4 is 17.6 Å². The summed E-state index contributed by atoms with van der Waals surface area (Å²) in [6.45, 7) is 3.58. The van der Waals surface area contributed by atoms with Gasteiger partial charge in [-0.25, -0.2) is 14.0 Å². The molecule has 5 nitrogen and oxygen atoms in total. The molecule has 0 saturated heterocycles. The first kappa shape index (κ1) is 14.9. The van der Waals surface area contributed by atoms with Crippen LogP contribution in [-0.4, -0.2) is 31.2 Å². The highest BCUT2D eigenvalue weighted by Gasteiger charge is 2.29. The number of esters is 2. The summed E-state index contributed by atoms with van der Waals surface area (Å²) < 4.78 is 22.4. The second-order valence-electron chi connectivity index (χ2n) is 3.59. The molecule has 0 aromatic heterocycles. The summed E-state index contributed by atoms with van der Waals surface area (Å²) in [6, 6.07) is 4.01. The van der Waals surface area contributed by atoms with E-state index in [1.807, 2.05) is 0 Å². The zero-order valence-electron chi connectivity index (χ0n) is 10.8. The number of carbonyl (C=O) groups excluding carboxylic acids is 2. The van der Waals surface area contributed by atoms with Crippen LogP contribution >= 0.6 is 0 Å². The summed E-state index contributed by atoms with van der Waals surface area (Å²) in [5, 5.41) is 2.66. The summed E-state index contributed by atoms with van der Waals surface area (Å²) >= 11 is 0. The molecule has 104 valence electrons. The normalized spacial score (nSPS) is 10.1. The largest absolute Gasteiger partial charge is 0.464 e. The van der Waals surface area contributed by atoms with Crippen LogP contribution in [0.5, 0.6) is 0 Å². The molecular weight excluding hydrogens is 253 g/mol. The molecule has 0 spiro atoms. The maximum Gasteiger partial charge on any atom is 0.340 e. The van der Waals surface area contributed by atoms with Crippen LogP contribution in [0.15, 0.2) is 24.3 Å². The molecule has 0 bridgehead atoms. The Morgan fingerprint density at radius 3 is 2.00 bits per heavy atom. The van der Waals surface area contributed by atoms with Gasteiger partial charge in [0.1, 0.15) is 5.82 Å². The Balaban J connectivity index is 2.81. The number of rotatable bonds is 6. The molecule has 0 fully saturated rings. The van der Waals surface area contributed by atoms with E-state index >= 15 is 0 Å². The number of ether oxygens (including phenoxy) is 2. The van der Waals surface area contributed by atoms with Crippen LogP contribution in [0.3, 0.4) is 0 Å². The molecule has 0 aliphatic heterocycles. The minimum atomic E-state index is -1.26. The van der Waals surface area contributed by atoms with Crippen LogP contribution in [-0.2, 0) is 19.1 Å². The Labute approximate surface area is 110 Å². The second-order valence-corrected chi connectivity index (χ2v) is 3.59. The molecule has 1 rings (SSSR count). The van der Waals surface area contributed by atoms with E-state index in [4.69, 9.17) is 9.47 Å². The molecule has 0 aliphatic rings. The molecule has 0 radical (unpaired) electrons. The van der Waals surface area contributed by atoms with Gasteiger partial charge in [0.25, 0.3) is 0 Å². The van der Waals surface area contributed by atoms with Crippen LogP contribution in [0.4, 0.5) is 10.1 Å². The maximum atomic E-state index is 12.8. The molecule has 0 amide bonds. The van der Waals surface area contributed by atoms with E-state index in [1.165, 1.54) is 24.3 Å². The molecule has 6 heteroatoms. The number of halogens is 1. The fourth-order valence-corrected chi connectivity index (χ4v) is 1.38. The van der Waals surface area contributed by atoms with Crippen LogP contribution < -0.4 is 5.32 Å². The van der Waals surface area contributed by atoms with Crippen molar-refractivity contribution in [3.8, 4) is 0 Å². The number of benzene rings is 1. The van der Waals surface area contributed by atoms with Crippen LogP contribution in [0, 0.1) is 5.82 Å². The van der Waals surface area contributed by atoms with Crippen molar-refractivity contribution in [1.82, 2.24) is 0 Å². The second kappa shape index (κ2) is 7.35. The maximum absolute atomic E-state index is 12.8. The van der Waals surface area contributed by atoms with Gasteiger partial charge in [0, 0.05) is 5.69 Å². The van der Waals surface area contributed by atoms with Crippen molar-refractivity contribution in [1.29, 1.82) is 0 Å². The van der Waals surface area contributed by atoms with E-state index in [9.17, 15) is 14.0 Å². The van der Waals surface area contributed by atoms with E-state index in [0.717, 1.165) is 0 Å². The van der Waals surface area contributed by atoms with Gasteiger partial charge < -0.3 is 14.8 Å². The third kappa shape index (κ3) is 4.57. The zero-order valence-corrected chi connectivity index (χ0v) is 10.8. The number of nitrogens with one attached hydrogen (secondary N) is 1. The van der Waals surface area contributed by atoms with Gasteiger partial charge in [-0.2, -0.15) is 0 Å². The summed E-state index contributed by atoms with van der Waals surface area (Å²) in [5.74, 6) is -1.87. The lowest BCUT2D eigenvalue weighted by Crippen LogP contribution is -2.40. The highest BCUT2D eigenvalue weighted by molar-refractivity contribution is 6.02. The topological polar surface area (TPSA) is 64.6 Å². The number of hydrogen-bond acceptors (Lipinski definition) is 5. The van der Waals surface area contributed by atoms with Gasteiger partial charge in [0.05, 0.1) is 13.2 Å². The van der Waals surface area contributed by atoms with Crippen molar-refractivity contribution < 1.29 is 23.5 Å². The number of anilines is 1. The highest BCUT2D eigenvalue weighted by Crippen LogP contribution is 2.11. The van der Waals surface area contributed by atoms with Gasteiger partial charge in [-0.1, -0.05) is 0 Å². The quantitative estimate of drug-likeness (QED) is 0.629. The fourth-order valence-electron chi connectivity index (χ4n) is 1.38. The van der Waals surface area contributed by atoms with Crippen molar-refractivity contribution in [2.75, 3.05) is 18.5 Å². The van der Waals surface area contributed by atoms with E-state index in [0.29, 0.717) is 5.69 Å². The molecule has 1 aromatic carbocycles. The molecule has 0 atom stereocenters. The molecule has 19 heavy (non-hydrogen) atoms. The summed E-state index contributed by atoms with van der Waals surface area (Å²) in [5.41, 5.74) is 0.424. The average Bonchev–Trinajstić information content (AvgIpc) is 2.38. The first-order chi connectivity index (χ1) is 9.08. The van der Waals surface area contributed by atoms with Crippen LogP contribution in [0.1, 0.15) is 13.8 Å². The number of hydrogen-bond donors (Lipinski definition) is 1. The predicted octanol–water partition coefficient (Wildman–Crippen LogP) is 1.73. The Morgan fingerprint density at radius 2 is 1.58 bits per heavy atom. The zero-order chi connectivity index (χ0) is 14.3. The molecule has 0 aliphatic carbocycles. The first-order valence-corrected chi connectivity index (χ1v) is 5.93. The SMILES string of the molecule is CCOC(=O)C(Nc1ccc(F)cc1)C(=O)OCC. The van der Waals surface area contributed by atoms with Crippen molar-refractivity contribution in [3.05, 3.63) is 30.1 Å². The molecule has 0 unspecified atom stereocenters.